The number of para-hydroxylation sites is 1. The predicted octanol–water partition coefficient (Wildman–Crippen LogP) is 2.69. The van der Waals surface area contributed by atoms with Gasteiger partial charge < -0.3 is 15.4 Å². The van der Waals surface area contributed by atoms with Gasteiger partial charge in [-0.1, -0.05) is 31.2 Å². The lowest BCUT2D eigenvalue weighted by Gasteiger charge is -2.12. The van der Waals surface area contributed by atoms with Gasteiger partial charge in [0.15, 0.2) is 6.61 Å². The minimum absolute atomic E-state index is 0.105. The first-order valence-electron chi connectivity index (χ1n) is 10.0. The van der Waals surface area contributed by atoms with Crippen LogP contribution in [0.4, 0.5) is 5.69 Å². The predicted molar refractivity (Wildman–Crippen MR) is 120 cm³/mol. The number of carbonyl (C=O) groups excluding carboxylic acids is 3. The molecule has 3 N–H and O–H groups in total. The van der Waals surface area contributed by atoms with Gasteiger partial charge in [-0.2, -0.15) is 5.10 Å². The first-order chi connectivity index (χ1) is 14.8. The molecule has 1 atom stereocenters. The standard InChI is InChI=1S/C23H28N4O4/c1-5-16(3)25-22(29)23(30)27-24-13-18-10-6-7-12-20(18)31-14-21(28)26-19-11-8-9-15(2)17(19)4/h6-13,16H,5,14H2,1-4H3,(H,25,29)(H,26,28)(H,27,30)/b24-13-/t16-/m0/s1. The lowest BCUT2D eigenvalue weighted by atomic mass is 10.1. The van der Waals surface area contributed by atoms with Gasteiger partial charge >= 0.3 is 11.8 Å². The topological polar surface area (TPSA) is 109 Å². The normalized spacial score (nSPS) is 11.6. The van der Waals surface area contributed by atoms with E-state index in [1.165, 1.54) is 6.21 Å². The van der Waals surface area contributed by atoms with E-state index in [4.69, 9.17) is 4.74 Å². The molecule has 0 spiro atoms. The number of anilines is 1. The Labute approximate surface area is 182 Å². The quantitative estimate of drug-likeness (QED) is 0.344. The number of amides is 3. The lowest BCUT2D eigenvalue weighted by Crippen LogP contribution is -2.41. The molecule has 2 aromatic carbocycles. The van der Waals surface area contributed by atoms with Gasteiger partial charge in [-0.05, 0) is 56.5 Å². The summed E-state index contributed by atoms with van der Waals surface area (Å²) in [6, 6.07) is 12.5. The molecule has 0 saturated heterocycles. The number of carbonyl (C=O) groups is 3. The van der Waals surface area contributed by atoms with Crippen molar-refractivity contribution in [1.82, 2.24) is 10.7 Å². The van der Waals surface area contributed by atoms with Gasteiger partial charge in [0.1, 0.15) is 5.75 Å². The first-order valence-corrected chi connectivity index (χ1v) is 10.0. The molecular formula is C23H28N4O4. The minimum atomic E-state index is -0.858. The molecule has 8 heteroatoms. The summed E-state index contributed by atoms with van der Waals surface area (Å²) in [7, 11) is 0. The average molecular weight is 425 g/mol. The second kappa shape index (κ2) is 11.5. The molecule has 2 rings (SSSR count). The molecule has 3 amide bonds. The van der Waals surface area contributed by atoms with Crippen molar-refractivity contribution in [1.29, 1.82) is 0 Å². The maximum Gasteiger partial charge on any atom is 0.329 e. The SMILES string of the molecule is CC[C@H](C)NC(=O)C(=O)N/N=C\c1ccccc1OCC(=O)Nc1cccc(C)c1C. The Hall–Kier alpha value is -3.68. The van der Waals surface area contributed by atoms with Gasteiger partial charge in [0.2, 0.25) is 0 Å². The monoisotopic (exact) mass is 424 g/mol. The third-order valence-electron chi connectivity index (χ3n) is 4.72. The van der Waals surface area contributed by atoms with Crippen LogP contribution in [0.15, 0.2) is 47.6 Å². The van der Waals surface area contributed by atoms with Crippen molar-refractivity contribution in [2.75, 3.05) is 11.9 Å². The smallest absolute Gasteiger partial charge is 0.329 e. The first kappa shape index (κ1) is 23.6. The number of nitrogens with one attached hydrogen (secondary N) is 3. The Morgan fingerprint density at radius 3 is 2.55 bits per heavy atom. The Kier molecular flexibility index (Phi) is 8.75. The summed E-state index contributed by atoms with van der Waals surface area (Å²) in [5.41, 5.74) is 5.54. The molecule has 0 aliphatic heterocycles. The number of hydrogen-bond donors (Lipinski definition) is 3. The van der Waals surface area contributed by atoms with E-state index in [9.17, 15) is 14.4 Å². The number of hydrogen-bond acceptors (Lipinski definition) is 5. The van der Waals surface area contributed by atoms with E-state index in [0.29, 0.717) is 17.7 Å². The van der Waals surface area contributed by atoms with Crippen LogP contribution in [0.25, 0.3) is 0 Å². The third kappa shape index (κ3) is 7.26. The van der Waals surface area contributed by atoms with Crippen LogP contribution in [0.1, 0.15) is 37.0 Å². The molecule has 0 fully saturated rings. The van der Waals surface area contributed by atoms with Crippen molar-refractivity contribution in [2.24, 2.45) is 5.10 Å². The average Bonchev–Trinajstić information content (AvgIpc) is 2.76. The van der Waals surface area contributed by atoms with Crippen LogP contribution in [0.3, 0.4) is 0 Å². The molecule has 0 aromatic heterocycles. The number of benzene rings is 2. The highest BCUT2D eigenvalue weighted by Crippen LogP contribution is 2.19. The Morgan fingerprint density at radius 2 is 1.81 bits per heavy atom. The van der Waals surface area contributed by atoms with Crippen LogP contribution in [0.5, 0.6) is 5.75 Å². The highest BCUT2D eigenvalue weighted by atomic mass is 16.5. The highest BCUT2D eigenvalue weighted by Gasteiger charge is 2.14. The van der Waals surface area contributed by atoms with Crippen molar-refractivity contribution in [3.05, 3.63) is 59.2 Å². The van der Waals surface area contributed by atoms with Crippen LogP contribution < -0.4 is 20.8 Å². The molecule has 31 heavy (non-hydrogen) atoms. The summed E-state index contributed by atoms with van der Waals surface area (Å²) in [6.45, 7) is 7.43. The summed E-state index contributed by atoms with van der Waals surface area (Å²) >= 11 is 0. The zero-order chi connectivity index (χ0) is 22.8. The van der Waals surface area contributed by atoms with Gasteiger partial charge in [0.05, 0.1) is 6.21 Å². The molecule has 0 radical (unpaired) electrons. The second-order valence-corrected chi connectivity index (χ2v) is 7.10. The summed E-state index contributed by atoms with van der Waals surface area (Å²) in [4.78, 5) is 35.8. The zero-order valence-electron chi connectivity index (χ0n) is 18.2. The van der Waals surface area contributed by atoms with Crippen LogP contribution in [-0.4, -0.2) is 36.6 Å². The van der Waals surface area contributed by atoms with Gasteiger partial charge in [-0.3, -0.25) is 14.4 Å². The van der Waals surface area contributed by atoms with Crippen molar-refractivity contribution in [2.45, 2.75) is 40.2 Å². The molecule has 0 aliphatic carbocycles. The highest BCUT2D eigenvalue weighted by molar-refractivity contribution is 6.35. The van der Waals surface area contributed by atoms with Gasteiger partial charge in [-0.25, -0.2) is 5.43 Å². The minimum Gasteiger partial charge on any atom is -0.483 e. The van der Waals surface area contributed by atoms with Gasteiger partial charge in [0.25, 0.3) is 5.91 Å². The molecule has 0 saturated carbocycles. The fourth-order valence-electron chi connectivity index (χ4n) is 2.54. The molecule has 0 aliphatic rings. The molecule has 164 valence electrons. The van der Waals surface area contributed by atoms with Crippen molar-refractivity contribution < 1.29 is 19.1 Å². The van der Waals surface area contributed by atoms with Crippen molar-refractivity contribution in [3.8, 4) is 5.75 Å². The van der Waals surface area contributed by atoms with Crippen LogP contribution in [0.2, 0.25) is 0 Å². The fourth-order valence-corrected chi connectivity index (χ4v) is 2.54. The Morgan fingerprint density at radius 1 is 1.06 bits per heavy atom. The third-order valence-corrected chi connectivity index (χ3v) is 4.72. The largest absolute Gasteiger partial charge is 0.483 e. The molecular weight excluding hydrogens is 396 g/mol. The Bertz CT molecular complexity index is 972. The number of rotatable bonds is 8. The summed E-state index contributed by atoms with van der Waals surface area (Å²) in [5, 5.41) is 9.19. The molecule has 0 bridgehead atoms. The maximum absolute atomic E-state index is 12.3. The summed E-state index contributed by atoms with van der Waals surface area (Å²) < 4.78 is 5.62. The van der Waals surface area contributed by atoms with E-state index in [1.54, 1.807) is 31.2 Å². The van der Waals surface area contributed by atoms with E-state index in [0.717, 1.165) is 16.8 Å². The number of ether oxygens (including phenoxy) is 1. The summed E-state index contributed by atoms with van der Waals surface area (Å²) in [5.74, 6) is -1.49. The van der Waals surface area contributed by atoms with E-state index in [1.807, 2.05) is 39.0 Å². The van der Waals surface area contributed by atoms with Crippen LogP contribution in [-0.2, 0) is 14.4 Å². The van der Waals surface area contributed by atoms with Gasteiger partial charge in [-0.15, -0.1) is 0 Å². The van der Waals surface area contributed by atoms with Crippen molar-refractivity contribution >= 4 is 29.6 Å². The van der Waals surface area contributed by atoms with E-state index in [2.05, 4.69) is 21.2 Å². The number of hydrazone groups is 1. The molecule has 0 unspecified atom stereocenters. The molecule has 8 nitrogen and oxygen atoms in total. The number of aryl methyl sites for hydroxylation is 1. The lowest BCUT2D eigenvalue weighted by molar-refractivity contribution is -0.139. The van der Waals surface area contributed by atoms with Crippen LogP contribution in [0, 0.1) is 13.8 Å². The summed E-state index contributed by atoms with van der Waals surface area (Å²) in [6.07, 6.45) is 2.07. The van der Waals surface area contributed by atoms with E-state index in [-0.39, 0.29) is 18.6 Å². The number of nitrogens with zero attached hydrogens (tertiary/aromatic N) is 1. The zero-order valence-corrected chi connectivity index (χ0v) is 18.2. The van der Waals surface area contributed by atoms with Crippen molar-refractivity contribution in [3.63, 3.8) is 0 Å². The van der Waals surface area contributed by atoms with Crippen LogP contribution >= 0.6 is 0 Å². The molecule has 2 aromatic rings. The molecule has 0 heterocycles. The van der Waals surface area contributed by atoms with Gasteiger partial charge in [0, 0.05) is 17.3 Å². The maximum atomic E-state index is 12.3. The fraction of sp³-hybridized carbons (Fsp3) is 0.304. The second-order valence-electron chi connectivity index (χ2n) is 7.10. The Balaban J connectivity index is 1.93. The van der Waals surface area contributed by atoms with E-state index < -0.39 is 11.8 Å². The van der Waals surface area contributed by atoms with E-state index >= 15 is 0 Å².